The third-order valence-electron chi connectivity index (χ3n) is 4.63. The van der Waals surface area contributed by atoms with Gasteiger partial charge in [-0.05, 0) is 19.1 Å². The molecule has 12 heteroatoms. The molecule has 0 fully saturated rings. The van der Waals surface area contributed by atoms with Crippen molar-refractivity contribution in [3.63, 3.8) is 0 Å². The van der Waals surface area contributed by atoms with Crippen LogP contribution in [0.15, 0.2) is 34.7 Å². The molecule has 4 aromatic rings. The van der Waals surface area contributed by atoms with Crippen LogP contribution < -0.4 is 4.74 Å². The van der Waals surface area contributed by atoms with E-state index in [1.165, 1.54) is 29.3 Å². The second-order valence-corrected chi connectivity index (χ2v) is 11.0. The third kappa shape index (κ3) is 4.76. The standard InChI is InChI=1S/C22H19Cl2N5O3S2/c1-10(2)33-21-17(12-5-6-13(23)14(24)9-12)27-22(34-21)29-18(20(30)31)16(11(3)28-29)19-25-8-7-15(26-19)32-4/h5-10H,1-4H3,(H,30,31). The van der Waals surface area contributed by atoms with Crippen LogP contribution in [0.1, 0.15) is 30.0 Å². The van der Waals surface area contributed by atoms with Crippen molar-refractivity contribution >= 4 is 52.3 Å². The number of carboxylic acid groups (broad SMARTS) is 1. The summed E-state index contributed by atoms with van der Waals surface area (Å²) in [5, 5.41) is 16.1. The summed E-state index contributed by atoms with van der Waals surface area (Å²) in [5.41, 5.74) is 2.13. The second-order valence-electron chi connectivity index (χ2n) is 7.38. The molecule has 0 saturated heterocycles. The number of aromatic carboxylic acids is 1. The third-order valence-corrected chi connectivity index (χ3v) is 7.61. The molecule has 0 aliphatic heterocycles. The molecular weight excluding hydrogens is 517 g/mol. The van der Waals surface area contributed by atoms with Gasteiger partial charge >= 0.3 is 5.97 Å². The quantitative estimate of drug-likeness (QED) is 0.276. The van der Waals surface area contributed by atoms with E-state index in [-0.39, 0.29) is 16.8 Å². The van der Waals surface area contributed by atoms with Gasteiger partial charge in [-0.25, -0.2) is 14.8 Å². The highest BCUT2D eigenvalue weighted by atomic mass is 35.5. The highest BCUT2D eigenvalue weighted by Crippen LogP contribution is 2.41. The van der Waals surface area contributed by atoms with Crippen LogP contribution in [0.25, 0.3) is 27.8 Å². The fourth-order valence-corrected chi connectivity index (χ4v) is 5.99. The molecular formula is C22H19Cl2N5O3S2. The van der Waals surface area contributed by atoms with Crippen LogP contribution in [-0.2, 0) is 0 Å². The molecule has 0 radical (unpaired) electrons. The number of aromatic nitrogens is 5. The maximum absolute atomic E-state index is 12.4. The molecule has 0 bridgehead atoms. The molecule has 0 spiro atoms. The van der Waals surface area contributed by atoms with Crippen molar-refractivity contribution in [2.75, 3.05) is 7.11 Å². The number of ether oxygens (including phenoxy) is 1. The number of nitrogens with zero attached hydrogens (tertiary/aromatic N) is 5. The van der Waals surface area contributed by atoms with Gasteiger partial charge in [0.1, 0.15) is 0 Å². The fourth-order valence-electron chi connectivity index (χ4n) is 3.21. The number of carbonyl (C=O) groups is 1. The molecule has 0 saturated carbocycles. The summed E-state index contributed by atoms with van der Waals surface area (Å²) in [5.74, 6) is -0.648. The summed E-state index contributed by atoms with van der Waals surface area (Å²) >= 11 is 15.3. The van der Waals surface area contributed by atoms with Gasteiger partial charge < -0.3 is 9.84 Å². The van der Waals surface area contributed by atoms with Crippen molar-refractivity contribution in [3.05, 3.63) is 51.9 Å². The molecule has 1 N–H and O–H groups in total. The molecule has 176 valence electrons. The van der Waals surface area contributed by atoms with E-state index < -0.39 is 5.97 Å². The number of benzene rings is 1. The molecule has 1 aromatic carbocycles. The largest absolute Gasteiger partial charge is 0.481 e. The topological polar surface area (TPSA) is 103 Å². The lowest BCUT2D eigenvalue weighted by Gasteiger charge is -2.05. The van der Waals surface area contributed by atoms with E-state index in [0.717, 1.165) is 9.77 Å². The maximum atomic E-state index is 12.4. The van der Waals surface area contributed by atoms with Crippen LogP contribution in [0.5, 0.6) is 5.88 Å². The molecule has 4 rings (SSSR count). The van der Waals surface area contributed by atoms with E-state index in [0.29, 0.717) is 38.0 Å². The predicted octanol–water partition coefficient (Wildman–Crippen LogP) is 6.28. The molecule has 3 heterocycles. The van der Waals surface area contributed by atoms with Gasteiger partial charge in [-0.15, -0.1) is 11.8 Å². The first kappa shape index (κ1) is 24.5. The Labute approximate surface area is 213 Å². The van der Waals surface area contributed by atoms with Gasteiger partial charge in [-0.1, -0.05) is 54.5 Å². The number of halogens is 2. The van der Waals surface area contributed by atoms with Crippen LogP contribution in [0.4, 0.5) is 0 Å². The zero-order valence-electron chi connectivity index (χ0n) is 18.5. The fraction of sp³-hybridized carbons (Fsp3) is 0.227. The molecule has 0 atom stereocenters. The molecule has 3 aromatic heterocycles. The van der Waals surface area contributed by atoms with Gasteiger partial charge in [0.2, 0.25) is 11.0 Å². The summed E-state index contributed by atoms with van der Waals surface area (Å²) in [6.07, 6.45) is 1.51. The highest BCUT2D eigenvalue weighted by molar-refractivity contribution is 8.01. The number of hydrogen-bond acceptors (Lipinski definition) is 8. The Hall–Kier alpha value is -2.66. The SMILES string of the molecule is COc1ccnc(-c2c(C)nn(-c3nc(-c4ccc(Cl)c(Cl)c4)c(SC(C)C)s3)c2C(=O)O)n1. The van der Waals surface area contributed by atoms with E-state index >= 15 is 0 Å². The van der Waals surface area contributed by atoms with Gasteiger partial charge in [0, 0.05) is 23.1 Å². The van der Waals surface area contributed by atoms with E-state index in [1.807, 2.05) is 6.07 Å². The minimum atomic E-state index is -1.17. The van der Waals surface area contributed by atoms with Crippen molar-refractivity contribution in [2.24, 2.45) is 0 Å². The van der Waals surface area contributed by atoms with Crippen molar-refractivity contribution in [3.8, 4) is 33.7 Å². The Morgan fingerprint density at radius 3 is 2.62 bits per heavy atom. The van der Waals surface area contributed by atoms with Crippen molar-refractivity contribution in [1.29, 1.82) is 0 Å². The second kappa shape index (κ2) is 9.91. The summed E-state index contributed by atoms with van der Waals surface area (Å²) < 4.78 is 7.41. The van der Waals surface area contributed by atoms with Gasteiger partial charge in [-0.2, -0.15) is 14.8 Å². The van der Waals surface area contributed by atoms with Crippen LogP contribution in [-0.4, -0.2) is 48.2 Å². The molecule has 34 heavy (non-hydrogen) atoms. The lowest BCUT2D eigenvalue weighted by molar-refractivity contribution is 0.0687. The minimum Gasteiger partial charge on any atom is -0.481 e. The Morgan fingerprint density at radius 1 is 1.21 bits per heavy atom. The molecule has 0 aliphatic rings. The number of thioether (sulfide) groups is 1. The number of thiazole rings is 1. The number of aryl methyl sites for hydroxylation is 1. The van der Waals surface area contributed by atoms with Crippen LogP contribution >= 0.6 is 46.3 Å². The van der Waals surface area contributed by atoms with E-state index in [9.17, 15) is 9.90 Å². The van der Waals surface area contributed by atoms with E-state index in [4.69, 9.17) is 32.9 Å². The normalized spacial score (nSPS) is 11.3. The molecule has 0 amide bonds. The van der Waals surface area contributed by atoms with Gasteiger partial charge in [0.25, 0.3) is 0 Å². The Morgan fingerprint density at radius 2 is 1.97 bits per heavy atom. The first-order chi connectivity index (χ1) is 16.2. The zero-order valence-corrected chi connectivity index (χ0v) is 21.7. The summed E-state index contributed by atoms with van der Waals surface area (Å²) in [6.45, 7) is 5.85. The lowest BCUT2D eigenvalue weighted by atomic mass is 10.1. The van der Waals surface area contributed by atoms with Crippen LogP contribution in [0.2, 0.25) is 10.0 Å². The number of rotatable bonds is 7. The number of carboxylic acids is 1. The Balaban J connectivity index is 1.91. The Bertz CT molecular complexity index is 1390. The molecule has 0 aliphatic carbocycles. The average molecular weight is 536 g/mol. The summed E-state index contributed by atoms with van der Waals surface area (Å²) in [6, 6.07) is 6.87. The van der Waals surface area contributed by atoms with E-state index in [2.05, 4.69) is 28.9 Å². The zero-order chi connectivity index (χ0) is 24.6. The van der Waals surface area contributed by atoms with Crippen LogP contribution in [0, 0.1) is 6.92 Å². The summed E-state index contributed by atoms with van der Waals surface area (Å²) in [7, 11) is 1.48. The monoisotopic (exact) mass is 535 g/mol. The number of methoxy groups -OCH3 is 1. The van der Waals surface area contributed by atoms with Crippen LogP contribution in [0.3, 0.4) is 0 Å². The minimum absolute atomic E-state index is 0.0821. The number of hydrogen-bond donors (Lipinski definition) is 1. The van der Waals surface area contributed by atoms with E-state index in [1.54, 1.807) is 36.9 Å². The molecule has 8 nitrogen and oxygen atoms in total. The Kier molecular flexibility index (Phi) is 7.13. The molecule has 0 unspecified atom stereocenters. The summed E-state index contributed by atoms with van der Waals surface area (Å²) in [4.78, 5) is 25.7. The van der Waals surface area contributed by atoms with Gasteiger partial charge in [-0.3, -0.25) is 0 Å². The van der Waals surface area contributed by atoms with Crippen molar-refractivity contribution < 1.29 is 14.6 Å². The predicted molar refractivity (Wildman–Crippen MR) is 135 cm³/mol. The van der Waals surface area contributed by atoms with Crippen molar-refractivity contribution in [1.82, 2.24) is 24.7 Å². The first-order valence-corrected chi connectivity index (χ1v) is 12.5. The average Bonchev–Trinajstić information content (AvgIpc) is 3.36. The highest BCUT2D eigenvalue weighted by Gasteiger charge is 2.28. The van der Waals surface area contributed by atoms with Gasteiger partial charge in [0.05, 0.1) is 38.3 Å². The smallest absolute Gasteiger partial charge is 0.355 e. The lowest BCUT2D eigenvalue weighted by Crippen LogP contribution is -2.09. The first-order valence-electron chi connectivity index (χ1n) is 10.0. The van der Waals surface area contributed by atoms with Gasteiger partial charge in [0.15, 0.2) is 11.5 Å². The maximum Gasteiger partial charge on any atom is 0.355 e. The van der Waals surface area contributed by atoms with Crippen molar-refractivity contribution in [2.45, 2.75) is 30.2 Å².